The van der Waals surface area contributed by atoms with E-state index in [1.165, 1.54) is 11.3 Å². The molecular formula is C6H8N6S. The summed E-state index contributed by atoms with van der Waals surface area (Å²) in [6.45, 7) is 1.88. The molecule has 0 radical (unpaired) electrons. The zero-order valence-corrected chi connectivity index (χ0v) is 8.04. The third-order valence-corrected chi connectivity index (χ3v) is 2.47. The molecule has 2 heterocycles. The highest BCUT2D eigenvalue weighted by atomic mass is 32.1. The van der Waals surface area contributed by atoms with Gasteiger partial charge in [0.25, 0.3) is 0 Å². The molecule has 2 aromatic rings. The predicted molar refractivity (Wildman–Crippen MR) is 49.1 cm³/mol. The van der Waals surface area contributed by atoms with Crippen molar-refractivity contribution in [1.82, 2.24) is 25.0 Å². The average molecular weight is 196 g/mol. The third kappa shape index (κ3) is 1.26. The largest absolute Gasteiger partial charge is 0.374 e. The number of rotatable bonds is 1. The maximum atomic E-state index is 5.46. The first-order chi connectivity index (χ1) is 6.18. The first-order valence-electron chi connectivity index (χ1n) is 3.64. The molecule has 6 nitrogen and oxygen atoms in total. The van der Waals surface area contributed by atoms with Gasteiger partial charge in [-0.05, 0) is 6.92 Å². The van der Waals surface area contributed by atoms with Crippen molar-refractivity contribution in [2.24, 2.45) is 7.05 Å². The van der Waals surface area contributed by atoms with Crippen molar-refractivity contribution in [3.63, 3.8) is 0 Å². The van der Waals surface area contributed by atoms with Crippen molar-refractivity contribution in [2.45, 2.75) is 6.92 Å². The summed E-state index contributed by atoms with van der Waals surface area (Å²) in [6.07, 6.45) is 0. The van der Waals surface area contributed by atoms with Crippen LogP contribution in [0.15, 0.2) is 0 Å². The third-order valence-electron chi connectivity index (χ3n) is 1.72. The SMILES string of the molecule is Cc1nnc(-c2nnc(N)s2)n1C. The zero-order valence-electron chi connectivity index (χ0n) is 7.22. The van der Waals surface area contributed by atoms with Gasteiger partial charge in [0.05, 0.1) is 0 Å². The molecule has 0 bridgehead atoms. The van der Waals surface area contributed by atoms with E-state index >= 15 is 0 Å². The lowest BCUT2D eigenvalue weighted by atomic mass is 10.6. The lowest BCUT2D eigenvalue weighted by Crippen LogP contribution is -1.94. The van der Waals surface area contributed by atoms with Crippen molar-refractivity contribution in [2.75, 3.05) is 5.73 Å². The van der Waals surface area contributed by atoms with E-state index < -0.39 is 0 Å². The molecule has 0 amide bonds. The van der Waals surface area contributed by atoms with Crippen molar-refractivity contribution in [3.05, 3.63) is 5.82 Å². The van der Waals surface area contributed by atoms with Crippen molar-refractivity contribution < 1.29 is 0 Å². The molecule has 0 aliphatic carbocycles. The molecule has 0 fully saturated rings. The molecule has 2 N–H and O–H groups in total. The number of hydrogen-bond donors (Lipinski definition) is 1. The van der Waals surface area contributed by atoms with Crippen LogP contribution < -0.4 is 5.73 Å². The number of nitrogens with zero attached hydrogens (tertiary/aromatic N) is 5. The second-order valence-corrected chi connectivity index (χ2v) is 3.58. The second kappa shape index (κ2) is 2.77. The smallest absolute Gasteiger partial charge is 0.203 e. The number of nitrogen functional groups attached to an aromatic ring is 1. The summed E-state index contributed by atoms with van der Waals surface area (Å²) in [7, 11) is 1.88. The fraction of sp³-hybridized carbons (Fsp3) is 0.333. The molecular weight excluding hydrogens is 188 g/mol. The Kier molecular flexibility index (Phi) is 1.73. The minimum absolute atomic E-state index is 0.440. The van der Waals surface area contributed by atoms with E-state index in [2.05, 4.69) is 20.4 Å². The van der Waals surface area contributed by atoms with Gasteiger partial charge in [-0.15, -0.1) is 20.4 Å². The number of anilines is 1. The van der Waals surface area contributed by atoms with E-state index in [-0.39, 0.29) is 0 Å². The molecule has 0 unspecified atom stereocenters. The van der Waals surface area contributed by atoms with Crippen LogP contribution in [0.4, 0.5) is 5.13 Å². The Hall–Kier alpha value is -1.50. The van der Waals surface area contributed by atoms with Crippen LogP contribution in [-0.4, -0.2) is 25.0 Å². The molecule has 0 aromatic carbocycles. The number of aryl methyl sites for hydroxylation is 1. The first-order valence-corrected chi connectivity index (χ1v) is 4.45. The molecule has 0 spiro atoms. The molecule has 68 valence electrons. The highest BCUT2D eigenvalue weighted by molar-refractivity contribution is 7.18. The van der Waals surface area contributed by atoms with Crippen LogP contribution in [0.25, 0.3) is 10.8 Å². The molecule has 2 aromatic heterocycles. The Morgan fingerprint density at radius 1 is 1.23 bits per heavy atom. The summed E-state index contributed by atoms with van der Waals surface area (Å²) < 4.78 is 1.85. The van der Waals surface area contributed by atoms with Gasteiger partial charge in [0, 0.05) is 7.05 Å². The quantitative estimate of drug-likeness (QED) is 0.705. The number of nitrogens with two attached hydrogens (primary N) is 1. The standard InChI is InChI=1S/C6H8N6S/c1-3-8-9-4(12(3)2)5-10-11-6(7)13-5/h1-2H3,(H2,7,11). The van der Waals surface area contributed by atoms with E-state index in [0.29, 0.717) is 16.0 Å². The average Bonchev–Trinajstić information content (AvgIpc) is 2.62. The van der Waals surface area contributed by atoms with Gasteiger partial charge in [-0.2, -0.15) is 0 Å². The van der Waals surface area contributed by atoms with E-state index in [1.807, 2.05) is 18.5 Å². The molecule has 2 rings (SSSR count). The van der Waals surface area contributed by atoms with Gasteiger partial charge in [0.1, 0.15) is 5.82 Å². The maximum Gasteiger partial charge on any atom is 0.203 e. The Balaban J connectivity index is 2.52. The summed E-state index contributed by atoms with van der Waals surface area (Å²) in [5, 5.41) is 16.6. The fourth-order valence-electron chi connectivity index (χ4n) is 0.918. The van der Waals surface area contributed by atoms with E-state index in [0.717, 1.165) is 5.82 Å². The van der Waals surface area contributed by atoms with Gasteiger partial charge in [0.2, 0.25) is 5.13 Å². The van der Waals surface area contributed by atoms with E-state index in [4.69, 9.17) is 5.73 Å². The Labute approximate surface area is 78.4 Å². The van der Waals surface area contributed by atoms with Gasteiger partial charge >= 0.3 is 0 Å². The van der Waals surface area contributed by atoms with E-state index in [1.54, 1.807) is 0 Å². The van der Waals surface area contributed by atoms with Gasteiger partial charge in [0.15, 0.2) is 10.8 Å². The monoisotopic (exact) mass is 196 g/mol. The van der Waals surface area contributed by atoms with Gasteiger partial charge in [-0.1, -0.05) is 11.3 Å². The zero-order chi connectivity index (χ0) is 9.42. The lowest BCUT2D eigenvalue weighted by Gasteiger charge is -1.94. The number of hydrogen-bond acceptors (Lipinski definition) is 6. The highest BCUT2D eigenvalue weighted by Gasteiger charge is 2.11. The van der Waals surface area contributed by atoms with Crippen LogP contribution in [0, 0.1) is 6.92 Å². The molecule has 13 heavy (non-hydrogen) atoms. The molecule has 0 saturated carbocycles. The van der Waals surface area contributed by atoms with Crippen molar-refractivity contribution in [3.8, 4) is 10.8 Å². The van der Waals surface area contributed by atoms with Crippen LogP contribution >= 0.6 is 11.3 Å². The van der Waals surface area contributed by atoms with Crippen LogP contribution in [0.5, 0.6) is 0 Å². The Morgan fingerprint density at radius 2 is 2.00 bits per heavy atom. The van der Waals surface area contributed by atoms with Crippen LogP contribution in [0.3, 0.4) is 0 Å². The van der Waals surface area contributed by atoms with Gasteiger partial charge < -0.3 is 10.3 Å². The second-order valence-electron chi connectivity index (χ2n) is 2.58. The molecule has 7 heteroatoms. The summed E-state index contributed by atoms with van der Waals surface area (Å²) in [4.78, 5) is 0. The topological polar surface area (TPSA) is 82.5 Å². The van der Waals surface area contributed by atoms with Crippen molar-refractivity contribution in [1.29, 1.82) is 0 Å². The highest BCUT2D eigenvalue weighted by Crippen LogP contribution is 2.22. The molecule has 0 aliphatic heterocycles. The minimum Gasteiger partial charge on any atom is -0.374 e. The van der Waals surface area contributed by atoms with E-state index in [9.17, 15) is 0 Å². The fourth-order valence-corrected chi connectivity index (χ4v) is 1.55. The summed E-state index contributed by atoms with van der Waals surface area (Å²) in [5.74, 6) is 1.54. The first kappa shape index (κ1) is 8.11. The van der Waals surface area contributed by atoms with Gasteiger partial charge in [-0.3, -0.25) is 0 Å². The lowest BCUT2D eigenvalue weighted by molar-refractivity contribution is 0.861. The maximum absolute atomic E-state index is 5.46. The molecule has 0 aliphatic rings. The normalized spacial score (nSPS) is 10.6. The number of aromatic nitrogens is 5. The summed E-state index contributed by atoms with van der Waals surface area (Å²) >= 11 is 1.30. The molecule has 0 atom stereocenters. The van der Waals surface area contributed by atoms with Gasteiger partial charge in [-0.25, -0.2) is 0 Å². The van der Waals surface area contributed by atoms with Crippen LogP contribution in [0.2, 0.25) is 0 Å². The predicted octanol–water partition coefficient (Wildman–Crippen LogP) is 0.224. The van der Waals surface area contributed by atoms with Crippen LogP contribution in [-0.2, 0) is 7.05 Å². The summed E-state index contributed by atoms with van der Waals surface area (Å²) in [6, 6.07) is 0. The summed E-state index contributed by atoms with van der Waals surface area (Å²) in [5.41, 5.74) is 5.46. The van der Waals surface area contributed by atoms with Crippen molar-refractivity contribution >= 4 is 16.5 Å². The Morgan fingerprint density at radius 3 is 2.46 bits per heavy atom. The minimum atomic E-state index is 0.440. The van der Waals surface area contributed by atoms with Crippen LogP contribution in [0.1, 0.15) is 5.82 Å². The Bertz CT molecular complexity index is 430. The molecule has 0 saturated heterocycles.